The lowest BCUT2D eigenvalue weighted by Gasteiger charge is -2.35. The molecule has 8 nitrogen and oxygen atoms in total. The van der Waals surface area contributed by atoms with Crippen LogP contribution in [0.15, 0.2) is 43.0 Å². The van der Waals surface area contributed by atoms with Gasteiger partial charge in [0.1, 0.15) is 0 Å². The number of rotatable bonds is 3. The molecule has 0 N–H and O–H groups in total. The summed E-state index contributed by atoms with van der Waals surface area (Å²) in [4.78, 5) is 13.2. The van der Waals surface area contributed by atoms with Crippen LogP contribution in [0.1, 0.15) is 5.56 Å². The molecule has 0 unspecified atom stereocenters. The first-order chi connectivity index (χ1) is 11.8. The van der Waals surface area contributed by atoms with Gasteiger partial charge in [0.2, 0.25) is 5.95 Å². The van der Waals surface area contributed by atoms with Crippen molar-refractivity contribution in [1.29, 1.82) is 0 Å². The summed E-state index contributed by atoms with van der Waals surface area (Å²) in [6, 6.07) is 5.79. The number of hydrogen-bond acceptors (Lipinski definition) is 7. The van der Waals surface area contributed by atoms with Crippen LogP contribution in [0.25, 0.3) is 5.82 Å². The average molecular weight is 322 g/mol. The number of aromatic nitrogens is 6. The van der Waals surface area contributed by atoms with E-state index >= 15 is 0 Å². The Balaban J connectivity index is 1.41. The van der Waals surface area contributed by atoms with Gasteiger partial charge in [0.15, 0.2) is 11.6 Å². The minimum Gasteiger partial charge on any atom is -0.352 e. The Labute approximate surface area is 139 Å². The molecule has 122 valence electrons. The second-order valence-corrected chi connectivity index (χ2v) is 5.73. The van der Waals surface area contributed by atoms with Crippen LogP contribution in [0.3, 0.4) is 0 Å². The fraction of sp³-hybridized carbons (Fsp3) is 0.312. The first kappa shape index (κ1) is 14.6. The standard InChI is InChI=1S/C16H18N8/c1-13-11-17-16(18-12-13)23-9-7-22(8-10-23)14-3-4-15(21-20-14)24-6-2-5-19-24/h2-6,11-12H,7-10H2,1H3. The maximum Gasteiger partial charge on any atom is 0.225 e. The third kappa shape index (κ3) is 2.90. The zero-order valence-electron chi connectivity index (χ0n) is 13.4. The number of aryl methyl sites for hydroxylation is 1. The van der Waals surface area contributed by atoms with Crippen molar-refractivity contribution in [1.82, 2.24) is 29.9 Å². The fourth-order valence-electron chi connectivity index (χ4n) is 2.70. The molecule has 4 heterocycles. The highest BCUT2D eigenvalue weighted by atomic mass is 15.4. The van der Waals surface area contributed by atoms with E-state index in [1.807, 2.05) is 43.7 Å². The van der Waals surface area contributed by atoms with Gasteiger partial charge in [-0.15, -0.1) is 10.2 Å². The van der Waals surface area contributed by atoms with E-state index in [9.17, 15) is 0 Å². The van der Waals surface area contributed by atoms with Gasteiger partial charge < -0.3 is 9.80 Å². The van der Waals surface area contributed by atoms with E-state index in [4.69, 9.17) is 0 Å². The number of anilines is 2. The van der Waals surface area contributed by atoms with E-state index in [1.165, 1.54) is 0 Å². The molecule has 3 aromatic heterocycles. The van der Waals surface area contributed by atoms with E-state index in [2.05, 4.69) is 35.1 Å². The maximum absolute atomic E-state index is 4.40. The normalized spacial score (nSPS) is 14.9. The monoisotopic (exact) mass is 322 g/mol. The summed E-state index contributed by atoms with van der Waals surface area (Å²) in [6.45, 7) is 5.46. The van der Waals surface area contributed by atoms with Crippen molar-refractivity contribution in [3.8, 4) is 5.82 Å². The topological polar surface area (TPSA) is 75.9 Å². The Morgan fingerprint density at radius 3 is 2.17 bits per heavy atom. The molecule has 0 aromatic carbocycles. The van der Waals surface area contributed by atoms with Crippen molar-refractivity contribution in [2.45, 2.75) is 6.92 Å². The lowest BCUT2D eigenvalue weighted by atomic mass is 10.3. The van der Waals surface area contributed by atoms with E-state index in [0.717, 1.165) is 49.3 Å². The molecule has 1 aliphatic heterocycles. The summed E-state index contributed by atoms with van der Waals surface area (Å²) >= 11 is 0. The molecule has 3 aromatic rings. The highest BCUT2D eigenvalue weighted by Crippen LogP contribution is 2.16. The molecule has 0 saturated carbocycles. The van der Waals surface area contributed by atoms with E-state index in [0.29, 0.717) is 0 Å². The molecule has 1 aliphatic rings. The quantitative estimate of drug-likeness (QED) is 0.714. The zero-order valence-corrected chi connectivity index (χ0v) is 13.4. The van der Waals surface area contributed by atoms with Gasteiger partial charge in [-0.2, -0.15) is 5.10 Å². The molecule has 0 radical (unpaired) electrons. The van der Waals surface area contributed by atoms with Gasteiger partial charge >= 0.3 is 0 Å². The summed E-state index contributed by atoms with van der Waals surface area (Å²) in [6.07, 6.45) is 7.29. The van der Waals surface area contributed by atoms with Crippen LogP contribution in [-0.2, 0) is 0 Å². The number of hydrogen-bond donors (Lipinski definition) is 0. The Morgan fingerprint density at radius 2 is 1.54 bits per heavy atom. The number of piperazine rings is 1. The van der Waals surface area contributed by atoms with Crippen LogP contribution in [0.4, 0.5) is 11.8 Å². The largest absolute Gasteiger partial charge is 0.352 e. The van der Waals surface area contributed by atoms with Crippen molar-refractivity contribution in [2.24, 2.45) is 0 Å². The molecule has 24 heavy (non-hydrogen) atoms. The number of nitrogens with zero attached hydrogens (tertiary/aromatic N) is 8. The molecule has 8 heteroatoms. The molecule has 1 fully saturated rings. The van der Waals surface area contributed by atoms with Gasteiger partial charge in [-0.25, -0.2) is 14.6 Å². The van der Waals surface area contributed by atoms with Gasteiger partial charge in [0.25, 0.3) is 0 Å². The molecular formula is C16H18N8. The second-order valence-electron chi connectivity index (χ2n) is 5.73. The van der Waals surface area contributed by atoms with Crippen LogP contribution in [-0.4, -0.2) is 56.1 Å². The lowest BCUT2D eigenvalue weighted by molar-refractivity contribution is 0.630. The Morgan fingerprint density at radius 1 is 0.875 bits per heavy atom. The summed E-state index contributed by atoms with van der Waals surface area (Å²) in [5.74, 6) is 2.39. The zero-order chi connectivity index (χ0) is 16.4. The first-order valence-electron chi connectivity index (χ1n) is 7.92. The highest BCUT2D eigenvalue weighted by Gasteiger charge is 2.20. The Bertz CT molecular complexity index is 774. The van der Waals surface area contributed by atoms with Gasteiger partial charge in [0, 0.05) is 51.0 Å². The molecule has 1 saturated heterocycles. The van der Waals surface area contributed by atoms with E-state index < -0.39 is 0 Å². The van der Waals surface area contributed by atoms with Crippen molar-refractivity contribution >= 4 is 11.8 Å². The summed E-state index contributed by atoms with van der Waals surface area (Å²) < 4.78 is 1.70. The summed E-state index contributed by atoms with van der Waals surface area (Å²) in [5.41, 5.74) is 1.07. The van der Waals surface area contributed by atoms with Crippen molar-refractivity contribution in [2.75, 3.05) is 36.0 Å². The predicted molar refractivity (Wildman–Crippen MR) is 90.3 cm³/mol. The van der Waals surface area contributed by atoms with E-state index in [1.54, 1.807) is 10.9 Å². The van der Waals surface area contributed by atoms with Crippen LogP contribution < -0.4 is 9.80 Å². The van der Waals surface area contributed by atoms with Crippen LogP contribution in [0.5, 0.6) is 0 Å². The van der Waals surface area contributed by atoms with Gasteiger partial charge in [-0.1, -0.05) is 0 Å². The minimum absolute atomic E-state index is 0.718. The highest BCUT2D eigenvalue weighted by molar-refractivity contribution is 5.43. The summed E-state index contributed by atoms with van der Waals surface area (Å²) in [7, 11) is 0. The fourth-order valence-corrected chi connectivity index (χ4v) is 2.70. The minimum atomic E-state index is 0.718. The van der Waals surface area contributed by atoms with Crippen molar-refractivity contribution in [3.05, 3.63) is 48.5 Å². The van der Waals surface area contributed by atoms with Gasteiger partial charge in [-0.05, 0) is 30.7 Å². The van der Waals surface area contributed by atoms with Crippen LogP contribution in [0.2, 0.25) is 0 Å². The van der Waals surface area contributed by atoms with Crippen LogP contribution in [0, 0.1) is 6.92 Å². The smallest absolute Gasteiger partial charge is 0.225 e. The molecule has 0 amide bonds. The Kier molecular flexibility index (Phi) is 3.78. The van der Waals surface area contributed by atoms with Crippen molar-refractivity contribution < 1.29 is 0 Å². The third-order valence-electron chi connectivity index (χ3n) is 4.03. The lowest BCUT2D eigenvalue weighted by Crippen LogP contribution is -2.47. The van der Waals surface area contributed by atoms with Crippen molar-refractivity contribution in [3.63, 3.8) is 0 Å². The third-order valence-corrected chi connectivity index (χ3v) is 4.03. The Hall–Kier alpha value is -3.03. The van der Waals surface area contributed by atoms with Crippen LogP contribution >= 0.6 is 0 Å². The summed E-state index contributed by atoms with van der Waals surface area (Å²) in [5, 5.41) is 12.7. The molecule has 0 bridgehead atoms. The predicted octanol–water partition coefficient (Wildman–Crippen LogP) is 1.09. The maximum atomic E-state index is 4.40. The molecule has 0 spiro atoms. The average Bonchev–Trinajstić information content (AvgIpc) is 3.17. The molecular weight excluding hydrogens is 304 g/mol. The second kappa shape index (κ2) is 6.23. The molecule has 4 rings (SSSR count). The van der Waals surface area contributed by atoms with Gasteiger partial charge in [0.05, 0.1) is 0 Å². The molecule has 0 atom stereocenters. The van der Waals surface area contributed by atoms with E-state index in [-0.39, 0.29) is 0 Å². The molecule has 0 aliphatic carbocycles. The SMILES string of the molecule is Cc1cnc(N2CCN(c3ccc(-n4cccn4)nn3)CC2)nc1. The van der Waals surface area contributed by atoms with Gasteiger partial charge in [-0.3, -0.25) is 0 Å². The first-order valence-corrected chi connectivity index (χ1v) is 7.92.